The number of hydrogen-bond donors (Lipinski definition) is 2. The summed E-state index contributed by atoms with van der Waals surface area (Å²) >= 11 is 7.73. The van der Waals surface area contributed by atoms with Crippen LogP contribution < -0.4 is 11.1 Å². The molecule has 5 heteroatoms. The van der Waals surface area contributed by atoms with E-state index in [1.807, 2.05) is 48.7 Å². The first-order valence-electron chi connectivity index (χ1n) is 7.05. The molecule has 0 saturated heterocycles. The number of benzene rings is 2. The lowest BCUT2D eigenvalue weighted by Crippen LogP contribution is -2.01. The summed E-state index contributed by atoms with van der Waals surface area (Å²) in [6.45, 7) is 1.96. The minimum absolute atomic E-state index is 0.0566. The molecule has 0 amide bonds. The second kappa shape index (κ2) is 6.44. The minimum atomic E-state index is -0.0566. The van der Waals surface area contributed by atoms with Crippen LogP contribution in [0.4, 0.5) is 17.1 Å². The Hall–Kier alpha value is -2.30. The monoisotopic (exact) mass is 342 g/mol. The van der Waals surface area contributed by atoms with E-state index in [0.717, 1.165) is 16.9 Å². The molecule has 0 aliphatic carbocycles. The quantitative estimate of drug-likeness (QED) is 0.502. The first kappa shape index (κ1) is 15.6. The van der Waals surface area contributed by atoms with Crippen LogP contribution in [0.25, 0.3) is 0 Å². The fraction of sp³-hybridized carbons (Fsp3) is 0.0556. The lowest BCUT2D eigenvalue weighted by molar-refractivity contribution is 0.104. The summed E-state index contributed by atoms with van der Waals surface area (Å²) in [5, 5.41) is 5.58. The van der Waals surface area contributed by atoms with Crippen molar-refractivity contribution in [3.63, 3.8) is 0 Å². The van der Waals surface area contributed by atoms with Crippen LogP contribution in [0.2, 0.25) is 5.02 Å². The lowest BCUT2D eigenvalue weighted by atomic mass is 10.1. The number of hydrogen-bond acceptors (Lipinski definition) is 4. The van der Waals surface area contributed by atoms with E-state index in [4.69, 9.17) is 17.3 Å². The molecule has 3 nitrogen and oxygen atoms in total. The van der Waals surface area contributed by atoms with Crippen molar-refractivity contribution in [2.45, 2.75) is 6.92 Å². The standard InChI is InChI=1S/C18H15ClN2OS/c1-11-8-17(23-10-11)18(22)13-7-6-12(9-14(13)19)21-16-5-3-2-4-15(16)20/h2-10,21H,20H2,1H3. The van der Waals surface area contributed by atoms with Gasteiger partial charge in [-0.25, -0.2) is 0 Å². The third kappa shape index (κ3) is 3.38. The van der Waals surface area contributed by atoms with E-state index in [1.54, 1.807) is 12.1 Å². The molecule has 3 N–H and O–H groups in total. The van der Waals surface area contributed by atoms with E-state index in [2.05, 4.69) is 5.32 Å². The van der Waals surface area contributed by atoms with Crippen molar-refractivity contribution in [3.8, 4) is 0 Å². The fourth-order valence-corrected chi connectivity index (χ4v) is 3.34. The zero-order chi connectivity index (χ0) is 16.4. The third-order valence-electron chi connectivity index (χ3n) is 3.41. The SMILES string of the molecule is Cc1csc(C(=O)c2ccc(Nc3ccccc3N)cc2Cl)c1. The van der Waals surface area contributed by atoms with Crippen molar-refractivity contribution < 1.29 is 4.79 Å². The number of aryl methyl sites for hydroxylation is 1. The van der Waals surface area contributed by atoms with E-state index < -0.39 is 0 Å². The number of para-hydroxylation sites is 2. The molecule has 0 fully saturated rings. The molecule has 1 heterocycles. The molecule has 0 aliphatic rings. The summed E-state index contributed by atoms with van der Waals surface area (Å²) < 4.78 is 0. The van der Waals surface area contributed by atoms with Crippen molar-refractivity contribution in [1.82, 2.24) is 0 Å². The highest BCUT2D eigenvalue weighted by Crippen LogP contribution is 2.28. The van der Waals surface area contributed by atoms with Crippen LogP contribution in [-0.4, -0.2) is 5.78 Å². The molecule has 0 atom stereocenters. The Morgan fingerprint density at radius 2 is 1.96 bits per heavy atom. The number of nitrogens with two attached hydrogens (primary N) is 1. The molecule has 3 aromatic rings. The number of nitrogen functional groups attached to an aromatic ring is 1. The van der Waals surface area contributed by atoms with Gasteiger partial charge in [0, 0.05) is 11.3 Å². The predicted octanol–water partition coefficient (Wildman–Crippen LogP) is 5.27. The first-order chi connectivity index (χ1) is 11.0. The highest BCUT2D eigenvalue weighted by molar-refractivity contribution is 7.12. The molecule has 2 aromatic carbocycles. The van der Waals surface area contributed by atoms with E-state index in [9.17, 15) is 4.79 Å². The maximum Gasteiger partial charge on any atom is 0.204 e. The van der Waals surface area contributed by atoms with Gasteiger partial charge in [-0.1, -0.05) is 23.7 Å². The van der Waals surface area contributed by atoms with Crippen molar-refractivity contribution in [3.05, 3.63) is 74.9 Å². The van der Waals surface area contributed by atoms with Crippen LogP contribution >= 0.6 is 22.9 Å². The van der Waals surface area contributed by atoms with Gasteiger partial charge in [-0.15, -0.1) is 11.3 Å². The number of halogens is 1. The second-order valence-corrected chi connectivity index (χ2v) is 6.54. The van der Waals surface area contributed by atoms with Crippen LogP contribution in [0, 0.1) is 6.92 Å². The average Bonchev–Trinajstić information content (AvgIpc) is 2.96. The van der Waals surface area contributed by atoms with Gasteiger partial charge in [-0.2, -0.15) is 0 Å². The lowest BCUT2D eigenvalue weighted by Gasteiger charge is -2.10. The smallest absolute Gasteiger partial charge is 0.204 e. The number of carbonyl (C=O) groups is 1. The molecule has 0 unspecified atom stereocenters. The van der Waals surface area contributed by atoms with Gasteiger partial charge in [-0.05, 0) is 54.3 Å². The number of ketones is 1. The highest BCUT2D eigenvalue weighted by Gasteiger charge is 2.15. The van der Waals surface area contributed by atoms with E-state index in [1.165, 1.54) is 11.3 Å². The first-order valence-corrected chi connectivity index (χ1v) is 8.31. The van der Waals surface area contributed by atoms with Crippen LogP contribution in [-0.2, 0) is 0 Å². The van der Waals surface area contributed by atoms with E-state index in [-0.39, 0.29) is 5.78 Å². The van der Waals surface area contributed by atoms with Gasteiger partial charge in [0.1, 0.15) is 0 Å². The van der Waals surface area contributed by atoms with Crippen molar-refractivity contribution in [1.29, 1.82) is 0 Å². The number of carbonyl (C=O) groups excluding carboxylic acids is 1. The van der Waals surface area contributed by atoms with Gasteiger partial charge in [0.05, 0.1) is 21.3 Å². The van der Waals surface area contributed by atoms with Crippen LogP contribution in [0.1, 0.15) is 20.8 Å². The molecule has 3 rings (SSSR count). The van der Waals surface area contributed by atoms with E-state index >= 15 is 0 Å². The molecule has 0 bridgehead atoms. The molecule has 0 radical (unpaired) electrons. The number of nitrogens with one attached hydrogen (secondary N) is 1. The van der Waals surface area contributed by atoms with Crippen molar-refractivity contribution in [2.24, 2.45) is 0 Å². The summed E-state index contributed by atoms with van der Waals surface area (Å²) in [6.07, 6.45) is 0. The molecule has 116 valence electrons. The fourth-order valence-electron chi connectivity index (χ4n) is 2.23. The molecular weight excluding hydrogens is 328 g/mol. The average molecular weight is 343 g/mol. The zero-order valence-corrected chi connectivity index (χ0v) is 14.0. The van der Waals surface area contributed by atoms with Crippen LogP contribution in [0.5, 0.6) is 0 Å². The molecule has 0 spiro atoms. The number of anilines is 3. The summed E-state index contributed by atoms with van der Waals surface area (Å²) in [6, 6.07) is 14.7. The van der Waals surface area contributed by atoms with Crippen LogP contribution in [0.15, 0.2) is 53.9 Å². The molecule has 23 heavy (non-hydrogen) atoms. The number of rotatable bonds is 4. The van der Waals surface area contributed by atoms with Gasteiger partial charge < -0.3 is 11.1 Å². The topological polar surface area (TPSA) is 55.1 Å². The second-order valence-electron chi connectivity index (χ2n) is 5.22. The van der Waals surface area contributed by atoms with E-state index in [0.29, 0.717) is 21.2 Å². The molecule has 1 aromatic heterocycles. The molecule has 0 saturated carbocycles. The Morgan fingerprint density at radius 1 is 1.17 bits per heavy atom. The maximum absolute atomic E-state index is 12.5. The highest BCUT2D eigenvalue weighted by atomic mass is 35.5. The Bertz CT molecular complexity index is 873. The Labute approximate surface area is 143 Å². The van der Waals surface area contributed by atoms with Gasteiger partial charge in [0.15, 0.2) is 0 Å². The largest absolute Gasteiger partial charge is 0.397 e. The Morgan fingerprint density at radius 3 is 2.61 bits per heavy atom. The van der Waals surface area contributed by atoms with Gasteiger partial charge in [-0.3, -0.25) is 4.79 Å². The summed E-state index contributed by atoms with van der Waals surface area (Å²) in [5.74, 6) is -0.0566. The summed E-state index contributed by atoms with van der Waals surface area (Å²) in [4.78, 5) is 13.2. The Kier molecular flexibility index (Phi) is 4.37. The third-order valence-corrected chi connectivity index (χ3v) is 4.77. The maximum atomic E-state index is 12.5. The zero-order valence-electron chi connectivity index (χ0n) is 12.5. The van der Waals surface area contributed by atoms with Gasteiger partial charge in [0.25, 0.3) is 0 Å². The van der Waals surface area contributed by atoms with Gasteiger partial charge in [0.2, 0.25) is 5.78 Å². The summed E-state index contributed by atoms with van der Waals surface area (Å²) in [7, 11) is 0. The molecular formula is C18H15ClN2OS. The van der Waals surface area contributed by atoms with Crippen molar-refractivity contribution in [2.75, 3.05) is 11.1 Å². The summed E-state index contributed by atoms with van der Waals surface area (Å²) in [5.41, 5.74) is 9.73. The predicted molar refractivity (Wildman–Crippen MR) is 98.1 cm³/mol. The number of thiophene rings is 1. The molecule has 0 aliphatic heterocycles. The normalized spacial score (nSPS) is 10.5. The van der Waals surface area contributed by atoms with Gasteiger partial charge >= 0.3 is 0 Å². The Balaban J connectivity index is 1.86. The minimum Gasteiger partial charge on any atom is -0.397 e. The van der Waals surface area contributed by atoms with Crippen LogP contribution in [0.3, 0.4) is 0 Å². The van der Waals surface area contributed by atoms with Crippen molar-refractivity contribution >= 4 is 45.8 Å².